The molecule has 3 aromatic rings. The van der Waals surface area contributed by atoms with Gasteiger partial charge in [-0.2, -0.15) is 0 Å². The minimum atomic E-state index is -3.84. The van der Waals surface area contributed by atoms with Crippen molar-refractivity contribution in [2.45, 2.75) is 39.9 Å². The molecule has 13 nitrogen and oxygen atoms in total. The molecule has 1 atom stereocenters. The van der Waals surface area contributed by atoms with Crippen LogP contribution in [0.2, 0.25) is 0 Å². The number of carbonyl (C=O) groups is 1. The second-order valence-electron chi connectivity index (χ2n) is 8.23. The number of hydrogen-bond donors (Lipinski definition) is 3. The highest BCUT2D eigenvalue weighted by Crippen LogP contribution is 2.37. The summed E-state index contributed by atoms with van der Waals surface area (Å²) in [6.45, 7) is 5.80. The summed E-state index contributed by atoms with van der Waals surface area (Å²) < 4.78 is 32.0. The molecule has 0 bridgehead atoms. The number of nitrogen functional groups attached to an aromatic ring is 2. The fourth-order valence-electron chi connectivity index (χ4n) is 4.00. The van der Waals surface area contributed by atoms with Crippen molar-refractivity contribution in [1.29, 1.82) is 0 Å². The molecule has 0 saturated carbocycles. The van der Waals surface area contributed by atoms with Gasteiger partial charge in [0, 0.05) is 19.3 Å². The van der Waals surface area contributed by atoms with Crippen LogP contribution in [0.15, 0.2) is 22.8 Å². The molecule has 1 aromatic carbocycles. The van der Waals surface area contributed by atoms with Gasteiger partial charge in [-0.15, -0.1) is 0 Å². The third kappa shape index (κ3) is 7.20. The van der Waals surface area contributed by atoms with Crippen molar-refractivity contribution >= 4 is 52.1 Å². The van der Waals surface area contributed by atoms with Gasteiger partial charge in [0.05, 0.1) is 26.4 Å². The molecule has 5 N–H and O–H groups in total. The Morgan fingerprint density at radius 2 is 2.00 bits per heavy atom. The number of nitrogens with two attached hydrogens (primary N) is 2. The van der Waals surface area contributed by atoms with Crippen molar-refractivity contribution in [3.8, 4) is 5.75 Å². The maximum absolute atomic E-state index is 12.9. The summed E-state index contributed by atoms with van der Waals surface area (Å²) in [5.41, 5.74) is 13.3. The van der Waals surface area contributed by atoms with Crippen molar-refractivity contribution in [1.82, 2.24) is 19.9 Å². The zero-order chi connectivity index (χ0) is 27.9. The number of hydrogen-bond acceptors (Lipinski definition) is 10. The summed E-state index contributed by atoms with van der Waals surface area (Å²) in [6, 6.07) is 5.65. The Morgan fingerprint density at radius 3 is 2.68 bits per heavy atom. The van der Waals surface area contributed by atoms with E-state index in [1.807, 2.05) is 25.1 Å². The number of nitrogens with one attached hydrogen (secondary N) is 1. The van der Waals surface area contributed by atoms with E-state index < -0.39 is 13.5 Å². The largest absolute Gasteiger partial charge is 0.778 e. The molecule has 0 aliphatic rings. The van der Waals surface area contributed by atoms with Crippen LogP contribution < -0.4 is 31.0 Å². The Morgan fingerprint density at radius 1 is 1.24 bits per heavy atom. The zero-order valence-corrected chi connectivity index (χ0v) is 24.1. The highest BCUT2D eigenvalue weighted by Gasteiger charge is 2.26. The van der Waals surface area contributed by atoms with Gasteiger partial charge in [-0.25, -0.2) is 19.1 Å². The standard InChI is InChI=1S/C23H33BrN7O6P/c1-4-30-17-13-15(36-10-6-12-38(33,34)37-5-2)7-8-16(17)31(9-11-35-3)18(30)14-27-23(32)19-21(25)29-22(26)20(24)28-19/h7-8,13H,4-6,9-12,14H2,1-3H3,(H5-,25,26,27,29,32,33,34). The molecule has 0 aliphatic carbocycles. The minimum Gasteiger partial charge on any atom is -0.778 e. The number of benzene rings is 1. The smallest absolute Gasteiger partial charge is 0.277 e. The summed E-state index contributed by atoms with van der Waals surface area (Å²) in [4.78, 5) is 32.7. The third-order valence-corrected chi connectivity index (χ3v) is 7.78. The predicted molar refractivity (Wildman–Crippen MR) is 144 cm³/mol. The first-order valence-electron chi connectivity index (χ1n) is 12.1. The Labute approximate surface area is 229 Å². The first-order chi connectivity index (χ1) is 18.1. The number of methoxy groups -OCH3 is 1. The monoisotopic (exact) mass is 613 g/mol. The quantitative estimate of drug-likeness (QED) is 0.137. The van der Waals surface area contributed by atoms with Gasteiger partial charge < -0.3 is 40.2 Å². The normalized spacial score (nSPS) is 13.0. The van der Waals surface area contributed by atoms with E-state index in [1.165, 1.54) is 0 Å². The number of halogens is 1. The lowest BCUT2D eigenvalue weighted by Gasteiger charge is -2.22. The van der Waals surface area contributed by atoms with E-state index in [0.29, 0.717) is 31.9 Å². The number of amides is 1. The van der Waals surface area contributed by atoms with Gasteiger partial charge in [0.25, 0.3) is 11.7 Å². The molecule has 0 fully saturated rings. The van der Waals surface area contributed by atoms with Crippen molar-refractivity contribution < 1.29 is 32.8 Å². The molecule has 1 amide bonds. The SMILES string of the molecule is CCOP(=O)([O-])CCCOc1ccc2c(c1)n(CC)c(CNC(=O)c1nc(Br)c(N)nc1N)[n+]2CCOC. The number of anilines is 2. The van der Waals surface area contributed by atoms with Gasteiger partial charge in [0.1, 0.15) is 31.0 Å². The van der Waals surface area contributed by atoms with Gasteiger partial charge in [0.15, 0.2) is 28.4 Å². The van der Waals surface area contributed by atoms with Crippen LogP contribution in [0.5, 0.6) is 5.75 Å². The molecular formula is C23H33BrN7O6P. The van der Waals surface area contributed by atoms with E-state index in [4.69, 9.17) is 25.5 Å². The highest BCUT2D eigenvalue weighted by molar-refractivity contribution is 9.10. The number of ether oxygens (including phenoxy) is 2. The van der Waals surface area contributed by atoms with Crippen LogP contribution in [0.3, 0.4) is 0 Å². The number of aryl methyl sites for hydroxylation is 1. The molecule has 0 radical (unpaired) electrons. The number of fused-ring (bicyclic) bond motifs is 1. The van der Waals surface area contributed by atoms with Crippen LogP contribution in [0.4, 0.5) is 11.6 Å². The molecule has 1 unspecified atom stereocenters. The first-order valence-corrected chi connectivity index (χ1v) is 14.6. The molecule has 208 valence electrons. The maximum Gasteiger partial charge on any atom is 0.277 e. The molecule has 15 heteroatoms. The van der Waals surface area contributed by atoms with Crippen molar-refractivity contribution in [2.24, 2.45) is 0 Å². The second kappa shape index (κ2) is 13.3. The molecule has 38 heavy (non-hydrogen) atoms. The minimum absolute atomic E-state index is 0.0312. The lowest BCUT2D eigenvalue weighted by atomic mass is 10.3. The average molecular weight is 614 g/mol. The molecular weight excluding hydrogens is 581 g/mol. The van der Waals surface area contributed by atoms with E-state index in [2.05, 4.69) is 40.3 Å². The van der Waals surface area contributed by atoms with E-state index in [-0.39, 0.29) is 47.9 Å². The third-order valence-electron chi connectivity index (χ3n) is 5.68. The molecule has 0 saturated heterocycles. The number of carbonyl (C=O) groups excluding carboxylic acids is 1. The van der Waals surface area contributed by atoms with Crippen molar-refractivity contribution in [3.63, 3.8) is 0 Å². The van der Waals surface area contributed by atoms with Crippen molar-refractivity contribution in [3.05, 3.63) is 34.3 Å². The van der Waals surface area contributed by atoms with Crippen LogP contribution in [0, 0.1) is 0 Å². The highest BCUT2D eigenvalue weighted by atomic mass is 79.9. The van der Waals surface area contributed by atoms with Crippen LogP contribution in [0.1, 0.15) is 36.6 Å². The van der Waals surface area contributed by atoms with Gasteiger partial charge in [-0.3, -0.25) is 4.79 Å². The van der Waals surface area contributed by atoms with Crippen LogP contribution in [-0.2, 0) is 33.5 Å². The molecule has 2 heterocycles. The molecule has 2 aromatic heterocycles. The topological polar surface area (TPSA) is 184 Å². The van der Waals surface area contributed by atoms with Crippen LogP contribution in [0.25, 0.3) is 11.0 Å². The average Bonchev–Trinajstić information content (AvgIpc) is 3.17. The van der Waals surface area contributed by atoms with Gasteiger partial charge in [-0.05, 0) is 48.3 Å². The molecule has 3 rings (SSSR count). The van der Waals surface area contributed by atoms with Gasteiger partial charge >= 0.3 is 0 Å². The van der Waals surface area contributed by atoms with Crippen LogP contribution >= 0.6 is 23.5 Å². The van der Waals surface area contributed by atoms with Crippen molar-refractivity contribution in [2.75, 3.05) is 44.6 Å². The molecule has 0 spiro atoms. The zero-order valence-electron chi connectivity index (χ0n) is 21.6. The summed E-state index contributed by atoms with van der Waals surface area (Å²) in [5.74, 6) is 0.967. The van der Waals surface area contributed by atoms with E-state index in [9.17, 15) is 14.3 Å². The second-order valence-corrected chi connectivity index (χ2v) is 10.9. The summed E-state index contributed by atoms with van der Waals surface area (Å²) in [5, 5.41) is 2.87. The molecule has 0 aliphatic heterocycles. The van der Waals surface area contributed by atoms with E-state index >= 15 is 0 Å². The predicted octanol–water partition coefficient (Wildman–Crippen LogP) is 1.60. The van der Waals surface area contributed by atoms with E-state index in [1.54, 1.807) is 14.0 Å². The fraction of sp³-hybridized carbons (Fsp3) is 0.478. The summed E-state index contributed by atoms with van der Waals surface area (Å²) in [7, 11) is -2.21. The Balaban J connectivity index is 1.84. The number of aromatic nitrogens is 4. The van der Waals surface area contributed by atoms with Gasteiger partial charge in [-0.1, -0.05) is 0 Å². The number of nitrogens with zero attached hydrogens (tertiary/aromatic N) is 4. The lowest BCUT2D eigenvalue weighted by molar-refractivity contribution is -0.681. The van der Waals surface area contributed by atoms with Gasteiger partial charge in [0.2, 0.25) is 0 Å². The number of rotatable bonds is 14. The van der Waals surface area contributed by atoms with E-state index in [0.717, 1.165) is 16.9 Å². The fourth-order valence-corrected chi connectivity index (χ4v) is 5.30. The first kappa shape index (κ1) is 29.8. The Kier molecular flexibility index (Phi) is 10.5. The Hall–Kier alpha value is -2.77. The summed E-state index contributed by atoms with van der Waals surface area (Å²) in [6.07, 6.45) is 0.223. The summed E-state index contributed by atoms with van der Waals surface area (Å²) >= 11 is 3.17. The Bertz CT molecular complexity index is 1340. The number of imidazole rings is 1. The van der Waals surface area contributed by atoms with Crippen LogP contribution in [-0.4, -0.2) is 53.5 Å². The maximum atomic E-state index is 12.9. The lowest BCUT2D eigenvalue weighted by Crippen LogP contribution is -2.42.